The van der Waals surface area contributed by atoms with Crippen molar-refractivity contribution in [1.29, 1.82) is 5.26 Å². The Kier molecular flexibility index (Phi) is 7.04. The molecule has 0 spiro atoms. The van der Waals surface area contributed by atoms with Gasteiger partial charge in [-0.25, -0.2) is 9.59 Å². The van der Waals surface area contributed by atoms with Gasteiger partial charge in [-0.2, -0.15) is 5.26 Å². The minimum Gasteiger partial charge on any atom is -0.479 e. The first kappa shape index (κ1) is 19.3. The van der Waals surface area contributed by atoms with E-state index in [1.807, 2.05) is 0 Å². The SMILES string of the molecule is COC(=O)COc1c(Cl)cc(/C=C(/C#N)C(=O)NC(N)=O)cc1Cl. The fourth-order valence-electron chi connectivity index (χ4n) is 1.49. The van der Waals surface area contributed by atoms with Gasteiger partial charge in [0.15, 0.2) is 12.4 Å². The van der Waals surface area contributed by atoms with Gasteiger partial charge in [0.05, 0.1) is 17.2 Å². The van der Waals surface area contributed by atoms with Gasteiger partial charge < -0.3 is 15.2 Å². The van der Waals surface area contributed by atoms with Crippen LogP contribution in [0.5, 0.6) is 5.75 Å². The van der Waals surface area contributed by atoms with Crippen LogP contribution in [0.1, 0.15) is 5.56 Å². The number of ether oxygens (including phenoxy) is 2. The molecule has 0 atom stereocenters. The van der Waals surface area contributed by atoms with Gasteiger partial charge in [-0.1, -0.05) is 23.2 Å². The normalized spacial score (nSPS) is 10.5. The lowest BCUT2D eigenvalue weighted by atomic mass is 10.1. The molecule has 126 valence electrons. The highest BCUT2D eigenvalue weighted by atomic mass is 35.5. The van der Waals surface area contributed by atoms with Crippen LogP contribution >= 0.6 is 23.2 Å². The number of hydrogen-bond donors (Lipinski definition) is 2. The molecule has 1 rings (SSSR count). The van der Waals surface area contributed by atoms with Crippen LogP contribution in [0.3, 0.4) is 0 Å². The van der Waals surface area contributed by atoms with Gasteiger partial charge >= 0.3 is 12.0 Å². The average molecular weight is 372 g/mol. The second-order valence-corrected chi connectivity index (χ2v) is 4.98. The number of amides is 3. The van der Waals surface area contributed by atoms with Crippen molar-refractivity contribution in [2.45, 2.75) is 0 Å². The number of urea groups is 1. The third-order valence-electron chi connectivity index (χ3n) is 2.50. The lowest BCUT2D eigenvalue weighted by molar-refractivity contribution is -0.142. The van der Waals surface area contributed by atoms with E-state index in [-0.39, 0.29) is 21.4 Å². The molecule has 0 saturated heterocycles. The summed E-state index contributed by atoms with van der Waals surface area (Å²) in [5, 5.41) is 10.8. The topological polar surface area (TPSA) is 132 Å². The summed E-state index contributed by atoms with van der Waals surface area (Å²) >= 11 is 12.0. The number of halogens is 2. The Morgan fingerprint density at radius 3 is 2.38 bits per heavy atom. The number of rotatable bonds is 5. The number of nitrogens with two attached hydrogens (primary N) is 1. The molecule has 0 fully saturated rings. The molecule has 0 unspecified atom stereocenters. The maximum atomic E-state index is 11.6. The average Bonchev–Trinajstić information content (AvgIpc) is 2.50. The van der Waals surface area contributed by atoms with Gasteiger partial charge in [0, 0.05) is 0 Å². The molecular formula is C14H11Cl2N3O5. The minimum atomic E-state index is -1.09. The van der Waals surface area contributed by atoms with Crippen LogP contribution in [0.15, 0.2) is 17.7 Å². The van der Waals surface area contributed by atoms with Gasteiger partial charge in [0.25, 0.3) is 5.91 Å². The second-order valence-electron chi connectivity index (χ2n) is 4.17. The molecular weight excluding hydrogens is 361 g/mol. The highest BCUT2D eigenvalue weighted by Crippen LogP contribution is 2.34. The number of primary amides is 1. The molecule has 3 amide bonds. The van der Waals surface area contributed by atoms with E-state index in [2.05, 4.69) is 4.74 Å². The van der Waals surface area contributed by atoms with Crippen molar-refractivity contribution >= 4 is 47.2 Å². The first-order valence-corrected chi connectivity index (χ1v) is 6.95. The zero-order valence-electron chi connectivity index (χ0n) is 12.3. The van der Waals surface area contributed by atoms with Crippen LogP contribution in [0.4, 0.5) is 4.79 Å². The quantitative estimate of drug-likeness (QED) is 0.459. The molecule has 0 radical (unpaired) electrons. The molecule has 0 aromatic heterocycles. The minimum absolute atomic E-state index is 0.0426. The van der Waals surface area contributed by atoms with Crippen molar-refractivity contribution in [3.05, 3.63) is 33.3 Å². The van der Waals surface area contributed by atoms with Gasteiger partial charge in [-0.05, 0) is 23.8 Å². The fraction of sp³-hybridized carbons (Fsp3) is 0.143. The zero-order chi connectivity index (χ0) is 18.3. The van der Waals surface area contributed by atoms with E-state index in [9.17, 15) is 14.4 Å². The van der Waals surface area contributed by atoms with E-state index in [4.69, 9.17) is 38.9 Å². The molecule has 0 saturated carbocycles. The summed E-state index contributed by atoms with van der Waals surface area (Å²) in [6.07, 6.45) is 1.15. The molecule has 10 heteroatoms. The zero-order valence-corrected chi connectivity index (χ0v) is 13.8. The largest absolute Gasteiger partial charge is 0.479 e. The van der Waals surface area contributed by atoms with Crippen LogP contribution in [0, 0.1) is 11.3 Å². The van der Waals surface area contributed by atoms with Crippen molar-refractivity contribution in [2.24, 2.45) is 5.73 Å². The molecule has 0 heterocycles. The predicted octanol–water partition coefficient (Wildman–Crippen LogP) is 1.65. The number of imide groups is 1. The Bertz CT molecular complexity index is 732. The number of carbonyl (C=O) groups is 3. The van der Waals surface area contributed by atoms with E-state index >= 15 is 0 Å². The Morgan fingerprint density at radius 2 is 1.92 bits per heavy atom. The van der Waals surface area contributed by atoms with E-state index in [0.29, 0.717) is 5.56 Å². The highest BCUT2D eigenvalue weighted by Gasteiger charge is 2.14. The molecule has 24 heavy (non-hydrogen) atoms. The monoisotopic (exact) mass is 371 g/mol. The van der Waals surface area contributed by atoms with Gasteiger partial charge in [-0.3, -0.25) is 10.1 Å². The van der Waals surface area contributed by atoms with E-state index < -0.39 is 24.5 Å². The number of nitrogens with zero attached hydrogens (tertiary/aromatic N) is 1. The first-order chi connectivity index (χ1) is 11.3. The number of nitriles is 1. The predicted molar refractivity (Wildman–Crippen MR) is 85.3 cm³/mol. The molecule has 0 aliphatic rings. The van der Waals surface area contributed by atoms with Gasteiger partial charge in [-0.15, -0.1) is 0 Å². The van der Waals surface area contributed by atoms with Crippen LogP contribution in [-0.2, 0) is 14.3 Å². The van der Waals surface area contributed by atoms with Crippen LogP contribution < -0.4 is 15.8 Å². The smallest absolute Gasteiger partial charge is 0.343 e. The second kappa shape index (κ2) is 8.76. The number of hydrogen-bond acceptors (Lipinski definition) is 6. The summed E-state index contributed by atoms with van der Waals surface area (Å²) in [5.74, 6) is -1.55. The molecule has 0 bridgehead atoms. The van der Waals surface area contributed by atoms with E-state index in [0.717, 1.165) is 6.08 Å². The number of benzene rings is 1. The Hall–Kier alpha value is -2.76. The summed E-state index contributed by atoms with van der Waals surface area (Å²) in [5.41, 5.74) is 4.73. The fourth-order valence-corrected chi connectivity index (χ4v) is 2.10. The van der Waals surface area contributed by atoms with Crippen LogP contribution in [0.2, 0.25) is 10.0 Å². The molecule has 0 aliphatic carbocycles. The van der Waals surface area contributed by atoms with Gasteiger partial charge in [0.2, 0.25) is 0 Å². The first-order valence-electron chi connectivity index (χ1n) is 6.19. The summed E-state index contributed by atoms with van der Waals surface area (Å²) in [4.78, 5) is 33.3. The lowest BCUT2D eigenvalue weighted by Crippen LogP contribution is -2.35. The third-order valence-corrected chi connectivity index (χ3v) is 3.06. The maximum Gasteiger partial charge on any atom is 0.343 e. The number of esters is 1. The van der Waals surface area contributed by atoms with Gasteiger partial charge in [0.1, 0.15) is 11.6 Å². The van der Waals surface area contributed by atoms with Crippen LogP contribution in [0.25, 0.3) is 6.08 Å². The van der Waals surface area contributed by atoms with Crippen molar-refractivity contribution < 1.29 is 23.9 Å². The Balaban J connectivity index is 3.08. The summed E-state index contributed by atoms with van der Waals surface area (Å²) in [6.45, 7) is -0.393. The van der Waals surface area contributed by atoms with Crippen molar-refractivity contribution in [3.8, 4) is 11.8 Å². The maximum absolute atomic E-state index is 11.6. The Morgan fingerprint density at radius 1 is 1.33 bits per heavy atom. The number of nitrogens with one attached hydrogen (secondary N) is 1. The number of carbonyl (C=O) groups excluding carboxylic acids is 3. The molecule has 0 aliphatic heterocycles. The van der Waals surface area contributed by atoms with Crippen molar-refractivity contribution in [2.75, 3.05) is 13.7 Å². The molecule has 3 N–H and O–H groups in total. The Labute approximate surface area is 146 Å². The summed E-state index contributed by atoms with van der Waals surface area (Å²) in [6, 6.07) is 3.24. The summed E-state index contributed by atoms with van der Waals surface area (Å²) < 4.78 is 9.56. The molecule has 8 nitrogen and oxygen atoms in total. The van der Waals surface area contributed by atoms with Crippen molar-refractivity contribution in [1.82, 2.24) is 5.32 Å². The molecule has 1 aromatic carbocycles. The number of methoxy groups -OCH3 is 1. The van der Waals surface area contributed by atoms with Crippen molar-refractivity contribution in [3.63, 3.8) is 0 Å². The third kappa shape index (κ3) is 5.46. The van der Waals surface area contributed by atoms with Crippen LogP contribution in [-0.4, -0.2) is 31.6 Å². The van der Waals surface area contributed by atoms with E-state index in [1.54, 1.807) is 11.4 Å². The lowest BCUT2D eigenvalue weighted by Gasteiger charge is -2.10. The highest BCUT2D eigenvalue weighted by molar-refractivity contribution is 6.37. The molecule has 1 aromatic rings. The standard InChI is InChI=1S/C14H11Cl2N3O5/c1-23-11(20)6-24-12-9(15)3-7(4-10(12)16)2-8(5-17)13(21)19-14(18)22/h2-4H,6H2,1H3,(H3,18,19,21,22)/b8-2-. The summed E-state index contributed by atoms with van der Waals surface area (Å²) in [7, 11) is 1.20. The van der Waals surface area contributed by atoms with E-state index in [1.165, 1.54) is 19.2 Å².